The third-order valence-corrected chi connectivity index (χ3v) is 4.75. The summed E-state index contributed by atoms with van der Waals surface area (Å²) in [6.07, 6.45) is 2.32. The molecule has 6 heteroatoms. The molecule has 1 heterocycles. The molecule has 1 saturated heterocycles. The Balaban J connectivity index is 1.80. The minimum Gasteiger partial charge on any atom is -0.502 e. The van der Waals surface area contributed by atoms with Crippen molar-refractivity contribution in [2.45, 2.75) is 32.0 Å². The summed E-state index contributed by atoms with van der Waals surface area (Å²) in [7, 11) is 3.03. The van der Waals surface area contributed by atoms with Crippen LogP contribution in [0, 0.1) is 5.82 Å². The van der Waals surface area contributed by atoms with Gasteiger partial charge in [0.15, 0.2) is 11.5 Å². The van der Waals surface area contributed by atoms with Gasteiger partial charge in [-0.05, 0) is 48.2 Å². The van der Waals surface area contributed by atoms with Crippen molar-refractivity contribution in [2.75, 3.05) is 27.4 Å². The Hall–Kier alpha value is -2.31. The molecule has 0 unspecified atom stereocenters. The Morgan fingerprint density at radius 3 is 2.26 bits per heavy atom. The van der Waals surface area contributed by atoms with Crippen LogP contribution in [0.2, 0.25) is 0 Å². The lowest BCUT2D eigenvalue weighted by molar-refractivity contribution is 0.0678. The van der Waals surface area contributed by atoms with E-state index in [1.807, 2.05) is 12.1 Å². The van der Waals surface area contributed by atoms with Gasteiger partial charge >= 0.3 is 0 Å². The van der Waals surface area contributed by atoms with Crippen LogP contribution in [0.1, 0.15) is 24.0 Å². The molecule has 2 aromatic carbocycles. The van der Waals surface area contributed by atoms with Crippen LogP contribution in [0.25, 0.3) is 0 Å². The molecule has 3 rings (SSSR count). The van der Waals surface area contributed by atoms with E-state index in [4.69, 9.17) is 14.2 Å². The van der Waals surface area contributed by atoms with Gasteiger partial charge in [0.05, 0.1) is 20.3 Å². The fourth-order valence-corrected chi connectivity index (χ4v) is 3.41. The molecule has 0 aromatic heterocycles. The summed E-state index contributed by atoms with van der Waals surface area (Å²) in [5.41, 5.74) is 1.99. The molecular weight excluding hydrogens is 349 g/mol. The van der Waals surface area contributed by atoms with E-state index in [1.165, 1.54) is 26.4 Å². The number of phenolic OH excluding ortho intramolecular Hbond substituents is 1. The number of aromatic hydroxyl groups is 1. The maximum absolute atomic E-state index is 13.2. The van der Waals surface area contributed by atoms with Gasteiger partial charge in [-0.15, -0.1) is 0 Å². The highest BCUT2D eigenvalue weighted by Crippen LogP contribution is 2.37. The fourth-order valence-electron chi connectivity index (χ4n) is 3.41. The van der Waals surface area contributed by atoms with E-state index >= 15 is 0 Å². The van der Waals surface area contributed by atoms with Crippen molar-refractivity contribution in [2.24, 2.45) is 0 Å². The molecule has 0 radical (unpaired) electrons. The minimum absolute atomic E-state index is 0.00652. The molecule has 27 heavy (non-hydrogen) atoms. The van der Waals surface area contributed by atoms with E-state index in [-0.39, 0.29) is 17.7 Å². The first-order chi connectivity index (χ1) is 13.1. The third-order valence-electron chi connectivity index (χ3n) is 4.75. The Kier molecular flexibility index (Phi) is 6.53. The SMILES string of the molecule is COc1cc(CN(Cc2ccc(F)cc2)C[C@H]2CCCO2)cc(OC)c1O. The van der Waals surface area contributed by atoms with Gasteiger partial charge in [-0.2, -0.15) is 0 Å². The average Bonchev–Trinajstić information content (AvgIpc) is 3.17. The van der Waals surface area contributed by atoms with E-state index in [1.54, 1.807) is 12.1 Å². The predicted molar refractivity (Wildman–Crippen MR) is 101 cm³/mol. The van der Waals surface area contributed by atoms with Crippen molar-refractivity contribution in [3.05, 3.63) is 53.3 Å². The third kappa shape index (κ3) is 5.11. The number of phenols is 1. The van der Waals surface area contributed by atoms with Gasteiger partial charge in [-0.1, -0.05) is 12.1 Å². The van der Waals surface area contributed by atoms with Gasteiger partial charge in [0.1, 0.15) is 5.82 Å². The zero-order chi connectivity index (χ0) is 19.2. The molecule has 0 amide bonds. The highest BCUT2D eigenvalue weighted by Gasteiger charge is 2.21. The molecule has 1 N–H and O–H groups in total. The van der Waals surface area contributed by atoms with Crippen LogP contribution in [0.15, 0.2) is 36.4 Å². The van der Waals surface area contributed by atoms with Crippen molar-refractivity contribution in [3.63, 3.8) is 0 Å². The second kappa shape index (κ2) is 9.06. The van der Waals surface area contributed by atoms with Gasteiger partial charge in [-0.25, -0.2) is 4.39 Å². The Morgan fingerprint density at radius 2 is 1.70 bits per heavy atom. The van der Waals surface area contributed by atoms with E-state index < -0.39 is 0 Å². The second-order valence-corrected chi connectivity index (χ2v) is 6.78. The van der Waals surface area contributed by atoms with Gasteiger partial charge < -0.3 is 19.3 Å². The summed E-state index contributed by atoms with van der Waals surface area (Å²) < 4.78 is 29.5. The number of ether oxygens (including phenoxy) is 3. The highest BCUT2D eigenvalue weighted by molar-refractivity contribution is 5.52. The Labute approximate surface area is 159 Å². The molecule has 146 valence electrons. The minimum atomic E-state index is -0.238. The Bertz CT molecular complexity index is 719. The average molecular weight is 375 g/mol. The van der Waals surface area contributed by atoms with Crippen molar-refractivity contribution in [1.29, 1.82) is 0 Å². The van der Waals surface area contributed by atoms with E-state index in [2.05, 4.69) is 4.90 Å². The lowest BCUT2D eigenvalue weighted by atomic mass is 10.1. The Morgan fingerprint density at radius 1 is 1.07 bits per heavy atom. The lowest BCUT2D eigenvalue weighted by Gasteiger charge is -2.26. The van der Waals surface area contributed by atoms with Crippen molar-refractivity contribution >= 4 is 0 Å². The van der Waals surface area contributed by atoms with Crippen LogP contribution in [-0.4, -0.2) is 43.5 Å². The molecule has 1 fully saturated rings. The molecule has 5 nitrogen and oxygen atoms in total. The van der Waals surface area contributed by atoms with Gasteiger partial charge in [0, 0.05) is 26.2 Å². The molecule has 1 aliphatic rings. The largest absolute Gasteiger partial charge is 0.502 e. The van der Waals surface area contributed by atoms with Crippen LogP contribution >= 0.6 is 0 Å². The van der Waals surface area contributed by atoms with Crippen molar-refractivity contribution < 1.29 is 23.7 Å². The zero-order valence-electron chi connectivity index (χ0n) is 15.8. The zero-order valence-corrected chi connectivity index (χ0v) is 15.8. The lowest BCUT2D eigenvalue weighted by Crippen LogP contribution is -2.31. The summed E-state index contributed by atoms with van der Waals surface area (Å²) in [4.78, 5) is 2.26. The van der Waals surface area contributed by atoms with Gasteiger partial charge in [0.2, 0.25) is 5.75 Å². The molecule has 0 bridgehead atoms. The number of hydrogen-bond acceptors (Lipinski definition) is 5. The molecule has 0 aliphatic carbocycles. The van der Waals surface area contributed by atoms with Crippen LogP contribution < -0.4 is 9.47 Å². The van der Waals surface area contributed by atoms with Crippen LogP contribution in [0.4, 0.5) is 4.39 Å². The smallest absolute Gasteiger partial charge is 0.200 e. The maximum atomic E-state index is 13.2. The summed E-state index contributed by atoms with van der Waals surface area (Å²) in [5.74, 6) is 0.511. The molecule has 0 spiro atoms. The first-order valence-corrected chi connectivity index (χ1v) is 9.11. The van der Waals surface area contributed by atoms with E-state index in [9.17, 15) is 9.50 Å². The standard InChI is InChI=1S/C21H26FNO4/c1-25-19-10-16(11-20(26-2)21(19)24)13-23(14-18-4-3-9-27-18)12-15-5-7-17(22)8-6-15/h5-8,10-11,18,24H,3-4,9,12-14H2,1-2H3/t18-/m1/s1. The first kappa shape index (κ1) is 19.5. The number of rotatable bonds is 8. The summed E-state index contributed by atoms with van der Waals surface area (Å²) in [5, 5.41) is 10.1. The number of benzene rings is 2. The fraction of sp³-hybridized carbons (Fsp3) is 0.429. The summed E-state index contributed by atoms with van der Waals surface area (Å²) >= 11 is 0. The normalized spacial score (nSPS) is 16.7. The van der Waals surface area contributed by atoms with Gasteiger partial charge in [-0.3, -0.25) is 4.90 Å². The van der Waals surface area contributed by atoms with Crippen LogP contribution in [0.5, 0.6) is 17.2 Å². The molecular formula is C21H26FNO4. The molecule has 1 aliphatic heterocycles. The topological polar surface area (TPSA) is 51.2 Å². The highest BCUT2D eigenvalue weighted by atomic mass is 19.1. The predicted octanol–water partition coefficient (Wildman–Crippen LogP) is 3.73. The molecule has 0 saturated carbocycles. The second-order valence-electron chi connectivity index (χ2n) is 6.78. The van der Waals surface area contributed by atoms with E-state index in [0.29, 0.717) is 24.6 Å². The van der Waals surface area contributed by atoms with E-state index in [0.717, 1.165) is 37.1 Å². The van der Waals surface area contributed by atoms with Crippen molar-refractivity contribution in [3.8, 4) is 17.2 Å². The monoisotopic (exact) mass is 375 g/mol. The summed E-state index contributed by atoms with van der Waals surface area (Å²) in [6, 6.07) is 10.2. The van der Waals surface area contributed by atoms with Gasteiger partial charge in [0.25, 0.3) is 0 Å². The molecule has 1 atom stereocenters. The maximum Gasteiger partial charge on any atom is 0.200 e. The quantitative estimate of drug-likeness (QED) is 0.762. The van der Waals surface area contributed by atoms with Crippen molar-refractivity contribution in [1.82, 2.24) is 4.90 Å². The number of hydrogen-bond donors (Lipinski definition) is 1. The number of nitrogens with zero attached hydrogens (tertiary/aromatic N) is 1. The first-order valence-electron chi connectivity index (χ1n) is 9.11. The number of halogens is 1. The van der Waals surface area contributed by atoms with Crippen LogP contribution in [0.3, 0.4) is 0 Å². The molecule has 2 aromatic rings. The number of methoxy groups -OCH3 is 2. The summed E-state index contributed by atoms with van der Waals surface area (Å²) in [6.45, 7) is 2.88. The van der Waals surface area contributed by atoms with Crippen LogP contribution in [-0.2, 0) is 17.8 Å².